The first-order valence-electron chi connectivity index (χ1n) is 6.70. The molecule has 2 atom stereocenters. The second-order valence-electron chi connectivity index (χ2n) is 5.24. The Balaban J connectivity index is 1.86. The van der Waals surface area contributed by atoms with Crippen LogP contribution in [0.4, 0.5) is 4.39 Å². The summed E-state index contributed by atoms with van der Waals surface area (Å²) < 4.78 is 12.7. The van der Waals surface area contributed by atoms with E-state index in [-0.39, 0.29) is 11.7 Å². The molecule has 1 aliphatic carbocycles. The summed E-state index contributed by atoms with van der Waals surface area (Å²) in [5.74, 6) is 0.857. The van der Waals surface area contributed by atoms with Gasteiger partial charge in [0.15, 0.2) is 0 Å². The first kappa shape index (κ1) is 13.1. The number of amides is 1. The standard InChI is InChI=1S/C15H20FNO/c1-11-4-2-3-5-13(11)10-17-15(18)12-6-8-14(16)9-7-12/h6-9,11,13H,2-5,10H2,1H3,(H,17,18). The molecule has 0 radical (unpaired) electrons. The van der Waals surface area contributed by atoms with Crippen LogP contribution >= 0.6 is 0 Å². The fourth-order valence-corrected chi connectivity index (χ4v) is 2.62. The van der Waals surface area contributed by atoms with Gasteiger partial charge in [0.1, 0.15) is 5.82 Å². The van der Waals surface area contributed by atoms with Gasteiger partial charge in [0, 0.05) is 12.1 Å². The Morgan fingerprint density at radius 1 is 1.28 bits per heavy atom. The highest BCUT2D eigenvalue weighted by molar-refractivity contribution is 5.94. The van der Waals surface area contributed by atoms with Crippen LogP contribution in [0.25, 0.3) is 0 Å². The van der Waals surface area contributed by atoms with Gasteiger partial charge in [-0.3, -0.25) is 4.79 Å². The van der Waals surface area contributed by atoms with Crippen LogP contribution in [-0.4, -0.2) is 12.5 Å². The summed E-state index contributed by atoms with van der Waals surface area (Å²) in [7, 11) is 0. The van der Waals surface area contributed by atoms with Gasteiger partial charge in [-0.05, 0) is 42.5 Å². The molecule has 2 nitrogen and oxygen atoms in total. The van der Waals surface area contributed by atoms with E-state index in [0.717, 1.165) is 6.54 Å². The summed E-state index contributed by atoms with van der Waals surface area (Å²) in [6.45, 7) is 2.99. The minimum absolute atomic E-state index is 0.104. The molecule has 0 heterocycles. The number of hydrogen-bond acceptors (Lipinski definition) is 1. The number of halogens is 1. The molecule has 0 spiro atoms. The van der Waals surface area contributed by atoms with E-state index >= 15 is 0 Å². The van der Waals surface area contributed by atoms with E-state index in [0.29, 0.717) is 17.4 Å². The third kappa shape index (κ3) is 3.31. The van der Waals surface area contributed by atoms with Crippen LogP contribution in [0.5, 0.6) is 0 Å². The third-order valence-corrected chi connectivity index (χ3v) is 3.92. The highest BCUT2D eigenvalue weighted by Gasteiger charge is 2.21. The molecule has 18 heavy (non-hydrogen) atoms. The fourth-order valence-electron chi connectivity index (χ4n) is 2.62. The predicted octanol–water partition coefficient (Wildman–Crippen LogP) is 3.38. The minimum Gasteiger partial charge on any atom is -0.352 e. The average Bonchev–Trinajstić information content (AvgIpc) is 2.38. The van der Waals surface area contributed by atoms with Gasteiger partial charge in [-0.25, -0.2) is 4.39 Å². The molecular formula is C15H20FNO. The molecule has 1 aliphatic rings. The fraction of sp³-hybridized carbons (Fsp3) is 0.533. The molecule has 0 saturated heterocycles. The number of rotatable bonds is 3. The van der Waals surface area contributed by atoms with Crippen molar-refractivity contribution >= 4 is 5.91 Å². The van der Waals surface area contributed by atoms with Crippen molar-refractivity contribution in [3.8, 4) is 0 Å². The van der Waals surface area contributed by atoms with Gasteiger partial charge in [-0.2, -0.15) is 0 Å². The van der Waals surface area contributed by atoms with Crippen LogP contribution in [0.3, 0.4) is 0 Å². The van der Waals surface area contributed by atoms with E-state index in [1.54, 1.807) is 0 Å². The Bertz CT molecular complexity index is 401. The number of carbonyl (C=O) groups excluding carboxylic acids is 1. The van der Waals surface area contributed by atoms with Gasteiger partial charge < -0.3 is 5.32 Å². The maximum absolute atomic E-state index is 12.7. The average molecular weight is 249 g/mol. The molecule has 1 aromatic carbocycles. The van der Waals surface area contributed by atoms with Gasteiger partial charge in [0.05, 0.1) is 0 Å². The Morgan fingerprint density at radius 2 is 1.94 bits per heavy atom. The number of nitrogens with one attached hydrogen (secondary N) is 1. The van der Waals surface area contributed by atoms with E-state index in [1.165, 1.54) is 49.9 Å². The van der Waals surface area contributed by atoms with E-state index in [2.05, 4.69) is 12.2 Å². The molecule has 1 saturated carbocycles. The molecule has 1 aromatic rings. The molecule has 0 aromatic heterocycles. The quantitative estimate of drug-likeness (QED) is 0.874. The second kappa shape index (κ2) is 5.98. The highest BCUT2D eigenvalue weighted by Crippen LogP contribution is 2.28. The summed E-state index contributed by atoms with van der Waals surface area (Å²) in [4.78, 5) is 11.9. The van der Waals surface area contributed by atoms with E-state index in [4.69, 9.17) is 0 Å². The van der Waals surface area contributed by atoms with Crippen molar-refractivity contribution < 1.29 is 9.18 Å². The largest absolute Gasteiger partial charge is 0.352 e. The monoisotopic (exact) mass is 249 g/mol. The lowest BCUT2D eigenvalue weighted by atomic mass is 9.80. The predicted molar refractivity (Wildman–Crippen MR) is 69.9 cm³/mol. The molecule has 2 unspecified atom stereocenters. The lowest BCUT2D eigenvalue weighted by molar-refractivity contribution is 0.0936. The Kier molecular flexibility index (Phi) is 4.34. The Morgan fingerprint density at radius 3 is 2.61 bits per heavy atom. The Labute approximate surface area is 108 Å². The van der Waals surface area contributed by atoms with Crippen molar-refractivity contribution in [1.29, 1.82) is 0 Å². The van der Waals surface area contributed by atoms with E-state index in [1.807, 2.05) is 0 Å². The van der Waals surface area contributed by atoms with Crippen LogP contribution < -0.4 is 5.32 Å². The zero-order chi connectivity index (χ0) is 13.0. The van der Waals surface area contributed by atoms with Gasteiger partial charge in [0.2, 0.25) is 0 Å². The van der Waals surface area contributed by atoms with Crippen LogP contribution in [0.2, 0.25) is 0 Å². The van der Waals surface area contributed by atoms with Crippen LogP contribution in [0, 0.1) is 17.7 Å². The van der Waals surface area contributed by atoms with Gasteiger partial charge in [-0.15, -0.1) is 0 Å². The van der Waals surface area contributed by atoms with E-state index in [9.17, 15) is 9.18 Å². The molecule has 0 aliphatic heterocycles. The summed E-state index contributed by atoms with van der Waals surface area (Å²) in [5.41, 5.74) is 0.528. The lowest BCUT2D eigenvalue weighted by Crippen LogP contribution is -2.33. The normalized spacial score (nSPS) is 23.7. The first-order chi connectivity index (χ1) is 8.66. The van der Waals surface area contributed by atoms with Crippen LogP contribution in [0.1, 0.15) is 43.0 Å². The minimum atomic E-state index is -0.313. The Hall–Kier alpha value is -1.38. The molecule has 1 N–H and O–H groups in total. The molecule has 1 fully saturated rings. The highest BCUT2D eigenvalue weighted by atomic mass is 19.1. The summed E-state index contributed by atoms with van der Waals surface area (Å²) in [6, 6.07) is 5.68. The molecule has 1 amide bonds. The van der Waals surface area contributed by atoms with Crippen LogP contribution in [-0.2, 0) is 0 Å². The van der Waals surface area contributed by atoms with Gasteiger partial charge >= 0.3 is 0 Å². The van der Waals surface area contributed by atoms with Crippen molar-refractivity contribution in [2.24, 2.45) is 11.8 Å². The molecule has 0 bridgehead atoms. The number of hydrogen-bond donors (Lipinski definition) is 1. The maximum Gasteiger partial charge on any atom is 0.251 e. The van der Waals surface area contributed by atoms with Crippen molar-refractivity contribution in [3.63, 3.8) is 0 Å². The summed E-state index contributed by atoms with van der Waals surface area (Å²) >= 11 is 0. The van der Waals surface area contributed by atoms with Gasteiger partial charge in [-0.1, -0.05) is 26.2 Å². The maximum atomic E-state index is 12.7. The zero-order valence-corrected chi connectivity index (χ0v) is 10.8. The zero-order valence-electron chi connectivity index (χ0n) is 10.8. The van der Waals surface area contributed by atoms with Crippen molar-refractivity contribution in [2.75, 3.05) is 6.54 Å². The topological polar surface area (TPSA) is 29.1 Å². The molecule has 3 heteroatoms. The third-order valence-electron chi connectivity index (χ3n) is 3.92. The lowest BCUT2D eigenvalue weighted by Gasteiger charge is -2.28. The summed E-state index contributed by atoms with van der Waals surface area (Å²) in [5, 5.41) is 2.96. The summed E-state index contributed by atoms with van der Waals surface area (Å²) in [6.07, 6.45) is 5.03. The van der Waals surface area contributed by atoms with Crippen LogP contribution in [0.15, 0.2) is 24.3 Å². The number of carbonyl (C=O) groups is 1. The van der Waals surface area contributed by atoms with E-state index < -0.39 is 0 Å². The molecule has 2 rings (SSSR count). The SMILES string of the molecule is CC1CCCCC1CNC(=O)c1ccc(F)cc1. The molecular weight excluding hydrogens is 229 g/mol. The van der Waals surface area contributed by atoms with Crippen molar-refractivity contribution in [2.45, 2.75) is 32.6 Å². The van der Waals surface area contributed by atoms with Gasteiger partial charge in [0.25, 0.3) is 5.91 Å². The van der Waals surface area contributed by atoms with Crippen molar-refractivity contribution in [3.05, 3.63) is 35.6 Å². The molecule has 98 valence electrons. The smallest absolute Gasteiger partial charge is 0.251 e. The second-order valence-corrected chi connectivity index (χ2v) is 5.24. The first-order valence-corrected chi connectivity index (χ1v) is 6.70. The van der Waals surface area contributed by atoms with Crippen molar-refractivity contribution in [1.82, 2.24) is 5.32 Å². The number of benzene rings is 1.